The van der Waals surface area contributed by atoms with Gasteiger partial charge in [-0.2, -0.15) is 0 Å². The molecule has 1 amide bonds. The van der Waals surface area contributed by atoms with Crippen LogP contribution in [-0.4, -0.2) is 27.1 Å². The number of para-hydroxylation sites is 2. The van der Waals surface area contributed by atoms with Crippen LogP contribution in [0.4, 0.5) is 5.69 Å². The quantitative estimate of drug-likeness (QED) is 0.659. The van der Waals surface area contributed by atoms with Crippen LogP contribution in [0, 0.1) is 0 Å². The number of hydrogen-bond acceptors (Lipinski definition) is 6. The van der Waals surface area contributed by atoms with Crippen molar-refractivity contribution in [2.45, 2.75) is 29.6 Å². The number of thioether (sulfide) groups is 1. The van der Waals surface area contributed by atoms with E-state index in [-0.39, 0.29) is 23.7 Å². The third-order valence-corrected chi connectivity index (χ3v) is 5.66. The smallest absolute Gasteiger partial charge is 0.308 e. The van der Waals surface area contributed by atoms with Gasteiger partial charge in [-0.25, -0.2) is 4.98 Å². The average Bonchev–Trinajstić information content (AvgIpc) is 2.68. The van der Waals surface area contributed by atoms with E-state index in [1.165, 1.54) is 11.8 Å². The van der Waals surface area contributed by atoms with Gasteiger partial charge >= 0.3 is 5.97 Å². The number of ether oxygens (including phenoxy) is 1. The van der Waals surface area contributed by atoms with Gasteiger partial charge in [-0.1, -0.05) is 24.3 Å². The molecule has 2 atom stereocenters. The van der Waals surface area contributed by atoms with Crippen molar-refractivity contribution in [2.75, 3.05) is 5.32 Å². The molecule has 0 bridgehead atoms. The fraction of sp³-hybridized carbons (Fsp3) is 0.200. The normalized spacial score (nSPS) is 16.9. The van der Waals surface area contributed by atoms with Crippen molar-refractivity contribution in [1.82, 2.24) is 9.97 Å². The summed E-state index contributed by atoms with van der Waals surface area (Å²) in [4.78, 5) is 44.7. The van der Waals surface area contributed by atoms with E-state index in [9.17, 15) is 14.4 Å². The molecule has 0 fully saturated rings. The number of rotatable bonds is 4. The molecule has 0 saturated heterocycles. The lowest BCUT2D eigenvalue weighted by Gasteiger charge is -2.23. The van der Waals surface area contributed by atoms with Gasteiger partial charge in [0.1, 0.15) is 0 Å². The number of H-pyrrole nitrogens is 1. The van der Waals surface area contributed by atoms with Crippen LogP contribution in [0.25, 0.3) is 10.9 Å². The summed E-state index contributed by atoms with van der Waals surface area (Å²) < 4.78 is 5.41. The molecule has 2 heterocycles. The summed E-state index contributed by atoms with van der Waals surface area (Å²) in [5.41, 5.74) is 0.985. The Balaban J connectivity index is 1.45. The first kappa shape index (κ1) is 18.2. The third kappa shape index (κ3) is 3.63. The van der Waals surface area contributed by atoms with Crippen molar-refractivity contribution < 1.29 is 14.3 Å². The summed E-state index contributed by atoms with van der Waals surface area (Å²) >= 11 is 1.33. The zero-order chi connectivity index (χ0) is 19.7. The maximum absolute atomic E-state index is 12.4. The molecule has 7 nitrogen and oxygen atoms in total. The molecule has 2 N–H and O–H groups in total. The molecule has 0 saturated carbocycles. The van der Waals surface area contributed by atoms with E-state index in [0.29, 0.717) is 10.9 Å². The van der Waals surface area contributed by atoms with Gasteiger partial charge in [0.15, 0.2) is 11.9 Å². The average molecular weight is 395 g/mol. The minimum absolute atomic E-state index is 0.0764. The van der Waals surface area contributed by atoms with Gasteiger partial charge in [0, 0.05) is 4.90 Å². The number of amides is 1. The molecular formula is C20H17N3O4S. The minimum Gasteiger partial charge on any atom is -0.454 e. The summed E-state index contributed by atoms with van der Waals surface area (Å²) in [6, 6.07) is 14.4. The summed E-state index contributed by atoms with van der Waals surface area (Å²) in [5, 5.41) is 2.70. The monoisotopic (exact) mass is 395 g/mol. The lowest BCUT2D eigenvalue weighted by atomic mass is 10.2. The molecule has 4 rings (SSSR count). The van der Waals surface area contributed by atoms with Gasteiger partial charge in [0.2, 0.25) is 5.91 Å². The van der Waals surface area contributed by atoms with Crippen LogP contribution in [-0.2, 0) is 14.3 Å². The number of benzene rings is 2. The van der Waals surface area contributed by atoms with Gasteiger partial charge in [-0.15, -0.1) is 11.8 Å². The van der Waals surface area contributed by atoms with Gasteiger partial charge in [-0.3, -0.25) is 14.4 Å². The van der Waals surface area contributed by atoms with Crippen molar-refractivity contribution in [3.8, 4) is 0 Å². The number of hydrogen-bond donors (Lipinski definition) is 2. The number of aromatic amines is 1. The molecule has 142 valence electrons. The lowest BCUT2D eigenvalue weighted by Crippen LogP contribution is -2.31. The van der Waals surface area contributed by atoms with Crippen LogP contribution in [0.5, 0.6) is 0 Å². The van der Waals surface area contributed by atoms with E-state index in [1.54, 1.807) is 31.2 Å². The number of nitrogens with one attached hydrogen (secondary N) is 2. The Morgan fingerprint density at radius 3 is 2.79 bits per heavy atom. The summed E-state index contributed by atoms with van der Waals surface area (Å²) in [6.45, 7) is 1.63. The minimum atomic E-state index is -0.742. The van der Waals surface area contributed by atoms with Crippen LogP contribution >= 0.6 is 11.8 Å². The Kier molecular flexibility index (Phi) is 4.87. The largest absolute Gasteiger partial charge is 0.454 e. The van der Waals surface area contributed by atoms with Crippen LogP contribution in [0.2, 0.25) is 0 Å². The van der Waals surface area contributed by atoms with Crippen molar-refractivity contribution >= 4 is 40.2 Å². The zero-order valence-corrected chi connectivity index (χ0v) is 15.8. The van der Waals surface area contributed by atoms with Crippen LogP contribution in [0.3, 0.4) is 0 Å². The number of esters is 1. The standard InChI is InChI=1S/C20H17N3O4S/c1-11(18-21-13-7-3-2-6-12(13)19(25)23-18)27-17(24)10-16-20(26)22-14-8-4-5-9-15(14)28-16/h2-9,11,16H,10H2,1H3,(H,22,26)(H,21,23,25)/t11-,16+/m0/s1. The van der Waals surface area contributed by atoms with Gasteiger partial charge in [-0.05, 0) is 31.2 Å². The first-order valence-electron chi connectivity index (χ1n) is 8.76. The van der Waals surface area contributed by atoms with Gasteiger partial charge < -0.3 is 15.0 Å². The summed E-state index contributed by atoms with van der Waals surface area (Å²) in [7, 11) is 0. The number of anilines is 1. The van der Waals surface area contributed by atoms with E-state index in [1.807, 2.05) is 24.3 Å². The fourth-order valence-corrected chi connectivity index (χ4v) is 4.07. The van der Waals surface area contributed by atoms with E-state index in [0.717, 1.165) is 10.6 Å². The highest BCUT2D eigenvalue weighted by molar-refractivity contribution is 8.01. The molecule has 2 aromatic carbocycles. The Labute approximate surface area is 164 Å². The molecule has 1 aliphatic heterocycles. The maximum atomic E-state index is 12.4. The maximum Gasteiger partial charge on any atom is 0.308 e. The van der Waals surface area contributed by atoms with Gasteiger partial charge in [0.05, 0.1) is 28.3 Å². The highest BCUT2D eigenvalue weighted by Crippen LogP contribution is 2.36. The second kappa shape index (κ2) is 7.47. The molecule has 1 aromatic heterocycles. The van der Waals surface area contributed by atoms with Crippen molar-refractivity contribution in [3.63, 3.8) is 0 Å². The molecule has 0 radical (unpaired) electrons. The highest BCUT2D eigenvalue weighted by Gasteiger charge is 2.30. The Hall–Kier alpha value is -3.13. The molecular weight excluding hydrogens is 378 g/mol. The predicted octanol–water partition coefficient (Wildman–Crippen LogP) is 3.03. The second-order valence-corrected chi connectivity index (χ2v) is 7.64. The van der Waals surface area contributed by atoms with Gasteiger partial charge in [0.25, 0.3) is 5.56 Å². The number of aromatic nitrogens is 2. The Bertz CT molecular complexity index is 1130. The van der Waals surface area contributed by atoms with Crippen LogP contribution in [0.15, 0.2) is 58.2 Å². The Morgan fingerprint density at radius 1 is 1.18 bits per heavy atom. The van der Waals surface area contributed by atoms with Crippen molar-refractivity contribution in [3.05, 3.63) is 64.7 Å². The molecule has 0 unspecified atom stereocenters. The molecule has 0 spiro atoms. The number of nitrogens with zero attached hydrogens (tertiary/aromatic N) is 1. The summed E-state index contributed by atoms with van der Waals surface area (Å²) in [5.74, 6) is -0.496. The van der Waals surface area contributed by atoms with E-state index >= 15 is 0 Å². The molecule has 8 heteroatoms. The van der Waals surface area contributed by atoms with E-state index < -0.39 is 17.3 Å². The third-order valence-electron chi connectivity index (χ3n) is 4.38. The van der Waals surface area contributed by atoms with Crippen molar-refractivity contribution in [2.24, 2.45) is 0 Å². The molecule has 28 heavy (non-hydrogen) atoms. The highest BCUT2D eigenvalue weighted by atomic mass is 32.2. The van der Waals surface area contributed by atoms with E-state index in [2.05, 4.69) is 15.3 Å². The zero-order valence-electron chi connectivity index (χ0n) is 15.0. The summed E-state index contributed by atoms with van der Waals surface area (Å²) in [6.07, 6.45) is -0.818. The number of carbonyl (C=O) groups is 2. The second-order valence-electron chi connectivity index (χ2n) is 6.40. The SMILES string of the molecule is C[C@H](OC(=O)C[C@H]1Sc2ccccc2NC1=O)c1nc2ccccc2c(=O)[nH]1. The first-order valence-corrected chi connectivity index (χ1v) is 9.64. The first-order chi connectivity index (χ1) is 13.5. The topological polar surface area (TPSA) is 101 Å². The van der Waals surface area contributed by atoms with Crippen LogP contribution in [0.1, 0.15) is 25.3 Å². The van der Waals surface area contributed by atoms with Crippen molar-refractivity contribution in [1.29, 1.82) is 0 Å². The predicted molar refractivity (Wildman–Crippen MR) is 106 cm³/mol. The Morgan fingerprint density at radius 2 is 1.93 bits per heavy atom. The molecule has 1 aliphatic rings. The van der Waals surface area contributed by atoms with E-state index in [4.69, 9.17) is 4.74 Å². The fourth-order valence-electron chi connectivity index (χ4n) is 2.98. The number of fused-ring (bicyclic) bond motifs is 2. The van der Waals surface area contributed by atoms with Crippen LogP contribution < -0.4 is 10.9 Å². The lowest BCUT2D eigenvalue weighted by molar-refractivity contribution is -0.149. The molecule has 0 aliphatic carbocycles. The molecule has 3 aromatic rings. The number of carbonyl (C=O) groups excluding carboxylic acids is 2.